The molecule has 29 heavy (non-hydrogen) atoms. The highest BCUT2D eigenvalue weighted by atomic mass is 32.2. The molecule has 0 spiro atoms. The van der Waals surface area contributed by atoms with Crippen molar-refractivity contribution in [3.63, 3.8) is 0 Å². The SMILES string of the molecule is CCN(CC)S(=O)(=O)c1ccc(CNC(=O)C[NH+](C)Cc2ccccc2C)cc1. The molecule has 1 amide bonds. The first-order chi connectivity index (χ1) is 13.8. The second-order valence-corrected chi connectivity index (χ2v) is 9.19. The molecule has 0 saturated carbocycles. The van der Waals surface area contributed by atoms with Gasteiger partial charge in [0, 0.05) is 25.2 Å². The number of amides is 1. The summed E-state index contributed by atoms with van der Waals surface area (Å²) in [6.45, 7) is 8.14. The average Bonchev–Trinajstić information content (AvgIpc) is 2.69. The number of hydrogen-bond acceptors (Lipinski definition) is 3. The fourth-order valence-corrected chi connectivity index (χ4v) is 4.68. The van der Waals surface area contributed by atoms with Gasteiger partial charge in [0.25, 0.3) is 5.91 Å². The van der Waals surface area contributed by atoms with Crippen molar-refractivity contribution in [2.45, 2.75) is 38.8 Å². The van der Waals surface area contributed by atoms with E-state index in [-0.39, 0.29) is 10.8 Å². The predicted molar refractivity (Wildman–Crippen MR) is 115 cm³/mol. The summed E-state index contributed by atoms with van der Waals surface area (Å²) >= 11 is 0. The van der Waals surface area contributed by atoms with Crippen molar-refractivity contribution in [2.24, 2.45) is 0 Å². The van der Waals surface area contributed by atoms with E-state index >= 15 is 0 Å². The zero-order valence-corrected chi connectivity index (χ0v) is 18.6. The molecular formula is C22H32N3O3S+. The van der Waals surface area contributed by atoms with E-state index in [1.54, 1.807) is 24.3 Å². The number of rotatable bonds is 10. The minimum atomic E-state index is -3.46. The number of hydrogen-bond donors (Lipinski definition) is 2. The number of benzene rings is 2. The van der Waals surface area contributed by atoms with E-state index in [1.807, 2.05) is 33.0 Å². The molecule has 158 valence electrons. The lowest BCUT2D eigenvalue weighted by molar-refractivity contribution is -0.885. The number of likely N-dealkylation sites (N-methyl/N-ethyl adjacent to an activating group) is 1. The molecule has 0 saturated heterocycles. The van der Waals surface area contributed by atoms with Crippen molar-refractivity contribution in [1.82, 2.24) is 9.62 Å². The van der Waals surface area contributed by atoms with Crippen molar-refractivity contribution in [1.29, 1.82) is 0 Å². The summed E-state index contributed by atoms with van der Waals surface area (Å²) in [5.74, 6) is -0.0316. The number of carbonyl (C=O) groups is 1. The van der Waals surface area contributed by atoms with Gasteiger partial charge in [0.1, 0.15) is 6.54 Å². The van der Waals surface area contributed by atoms with E-state index < -0.39 is 10.0 Å². The largest absolute Gasteiger partial charge is 0.347 e. The second-order valence-electron chi connectivity index (χ2n) is 7.25. The summed E-state index contributed by atoms with van der Waals surface area (Å²) in [6, 6.07) is 14.9. The summed E-state index contributed by atoms with van der Waals surface area (Å²) in [7, 11) is -1.46. The monoisotopic (exact) mass is 418 g/mol. The number of nitrogens with zero attached hydrogens (tertiary/aromatic N) is 1. The molecule has 0 bridgehead atoms. The first kappa shape index (κ1) is 23.1. The predicted octanol–water partition coefficient (Wildman–Crippen LogP) is 1.36. The Bertz CT molecular complexity index is 907. The molecule has 1 unspecified atom stereocenters. The van der Waals surface area contributed by atoms with Crippen molar-refractivity contribution < 1.29 is 18.1 Å². The van der Waals surface area contributed by atoms with Gasteiger partial charge in [0.2, 0.25) is 10.0 Å². The van der Waals surface area contributed by atoms with Gasteiger partial charge < -0.3 is 10.2 Å². The number of carbonyl (C=O) groups excluding carboxylic acids is 1. The molecule has 7 heteroatoms. The maximum Gasteiger partial charge on any atom is 0.275 e. The molecule has 6 nitrogen and oxygen atoms in total. The van der Waals surface area contributed by atoms with Crippen LogP contribution in [-0.4, -0.2) is 45.3 Å². The highest BCUT2D eigenvalue weighted by Gasteiger charge is 2.21. The van der Waals surface area contributed by atoms with Gasteiger partial charge >= 0.3 is 0 Å². The van der Waals surface area contributed by atoms with E-state index in [2.05, 4.69) is 24.4 Å². The Labute approximate surface area is 174 Å². The molecule has 2 aromatic rings. The third-order valence-electron chi connectivity index (χ3n) is 4.97. The van der Waals surface area contributed by atoms with Gasteiger partial charge in [-0.05, 0) is 30.2 Å². The number of sulfonamides is 1. The lowest BCUT2D eigenvalue weighted by Crippen LogP contribution is -3.08. The van der Waals surface area contributed by atoms with Crippen LogP contribution in [0, 0.1) is 6.92 Å². The molecule has 0 aliphatic carbocycles. The van der Waals surface area contributed by atoms with Gasteiger partial charge in [0.15, 0.2) is 6.54 Å². The van der Waals surface area contributed by atoms with Gasteiger partial charge in [-0.2, -0.15) is 4.31 Å². The molecule has 0 aliphatic rings. The minimum absolute atomic E-state index is 0.0316. The lowest BCUT2D eigenvalue weighted by atomic mass is 10.1. The Balaban J connectivity index is 1.88. The fraction of sp³-hybridized carbons (Fsp3) is 0.409. The van der Waals surface area contributed by atoms with E-state index in [4.69, 9.17) is 0 Å². The topological polar surface area (TPSA) is 70.9 Å². The van der Waals surface area contributed by atoms with Crippen LogP contribution in [0.2, 0.25) is 0 Å². The Hall–Kier alpha value is -2.22. The Morgan fingerprint density at radius 2 is 1.66 bits per heavy atom. The first-order valence-electron chi connectivity index (χ1n) is 9.99. The van der Waals surface area contributed by atoms with E-state index in [9.17, 15) is 13.2 Å². The molecule has 0 aromatic heterocycles. The van der Waals surface area contributed by atoms with Crippen LogP contribution in [0.5, 0.6) is 0 Å². The Kier molecular flexibility index (Phi) is 8.37. The maximum absolute atomic E-state index is 12.5. The van der Waals surface area contributed by atoms with E-state index in [0.717, 1.165) is 17.0 Å². The number of aryl methyl sites for hydroxylation is 1. The van der Waals surface area contributed by atoms with Crippen LogP contribution in [0.15, 0.2) is 53.4 Å². The summed E-state index contributed by atoms with van der Waals surface area (Å²) in [4.78, 5) is 13.6. The Morgan fingerprint density at radius 1 is 1.03 bits per heavy atom. The van der Waals surface area contributed by atoms with Crippen LogP contribution in [0.4, 0.5) is 0 Å². The zero-order valence-electron chi connectivity index (χ0n) is 17.7. The highest BCUT2D eigenvalue weighted by Crippen LogP contribution is 2.16. The summed E-state index contributed by atoms with van der Waals surface area (Å²) < 4.78 is 26.5. The summed E-state index contributed by atoms with van der Waals surface area (Å²) in [5, 5.41) is 2.91. The van der Waals surface area contributed by atoms with Gasteiger partial charge in [-0.3, -0.25) is 4.79 Å². The molecule has 0 heterocycles. The molecule has 0 radical (unpaired) electrons. The highest BCUT2D eigenvalue weighted by molar-refractivity contribution is 7.89. The second kappa shape index (κ2) is 10.5. The van der Waals surface area contributed by atoms with Crippen LogP contribution < -0.4 is 10.2 Å². The van der Waals surface area contributed by atoms with Gasteiger partial charge in [-0.15, -0.1) is 0 Å². The van der Waals surface area contributed by atoms with Gasteiger partial charge in [-0.25, -0.2) is 8.42 Å². The van der Waals surface area contributed by atoms with Crippen LogP contribution >= 0.6 is 0 Å². The van der Waals surface area contributed by atoms with Crippen molar-refractivity contribution in [3.05, 3.63) is 65.2 Å². The zero-order chi connectivity index (χ0) is 21.4. The molecular weight excluding hydrogens is 386 g/mol. The quantitative estimate of drug-likeness (QED) is 0.612. The van der Waals surface area contributed by atoms with Crippen LogP contribution in [0.3, 0.4) is 0 Å². The third-order valence-corrected chi connectivity index (χ3v) is 7.04. The normalized spacial score (nSPS) is 12.7. The third kappa shape index (κ3) is 6.39. The average molecular weight is 419 g/mol. The standard InChI is InChI=1S/C22H31N3O3S/c1-5-25(6-2)29(27,28)21-13-11-19(12-14-21)15-23-22(26)17-24(4)16-20-10-8-7-9-18(20)3/h7-14H,5-6,15-17H2,1-4H3,(H,23,26)/p+1. The Morgan fingerprint density at radius 3 is 2.24 bits per heavy atom. The molecule has 0 fully saturated rings. The summed E-state index contributed by atoms with van der Waals surface area (Å²) in [6.07, 6.45) is 0. The number of quaternary nitrogens is 1. The van der Waals surface area contributed by atoms with Crippen LogP contribution in [0.1, 0.15) is 30.5 Å². The molecule has 2 rings (SSSR count). The van der Waals surface area contributed by atoms with Crippen LogP contribution in [0.25, 0.3) is 0 Å². The molecule has 2 aromatic carbocycles. The summed E-state index contributed by atoms with van der Waals surface area (Å²) in [5.41, 5.74) is 3.34. The molecule has 1 atom stereocenters. The fourth-order valence-electron chi connectivity index (χ4n) is 3.23. The minimum Gasteiger partial charge on any atom is -0.347 e. The number of nitrogens with one attached hydrogen (secondary N) is 2. The van der Waals surface area contributed by atoms with Crippen molar-refractivity contribution in [3.8, 4) is 0 Å². The van der Waals surface area contributed by atoms with Gasteiger partial charge in [-0.1, -0.05) is 50.2 Å². The first-order valence-corrected chi connectivity index (χ1v) is 11.4. The van der Waals surface area contributed by atoms with E-state index in [0.29, 0.717) is 26.2 Å². The maximum atomic E-state index is 12.5. The van der Waals surface area contributed by atoms with Crippen molar-refractivity contribution in [2.75, 3.05) is 26.7 Å². The van der Waals surface area contributed by atoms with Crippen molar-refractivity contribution >= 4 is 15.9 Å². The van der Waals surface area contributed by atoms with Gasteiger partial charge in [0.05, 0.1) is 11.9 Å². The van der Waals surface area contributed by atoms with E-state index in [1.165, 1.54) is 15.4 Å². The van der Waals surface area contributed by atoms with Crippen LogP contribution in [-0.2, 0) is 27.9 Å². The molecule has 0 aliphatic heterocycles. The molecule has 2 N–H and O–H groups in total. The lowest BCUT2D eigenvalue weighted by Gasteiger charge is -2.18. The smallest absolute Gasteiger partial charge is 0.275 e.